The Labute approximate surface area is 505 Å². The molecule has 2 saturated heterocycles. The van der Waals surface area contributed by atoms with Gasteiger partial charge in [0.05, 0.1) is 59.0 Å². The lowest BCUT2D eigenvalue weighted by atomic mass is 9.63. The lowest BCUT2D eigenvalue weighted by Crippen LogP contribution is -2.50. The largest absolute Gasteiger partial charge is 0.469 e. The van der Waals surface area contributed by atoms with Gasteiger partial charge >= 0.3 is 11.9 Å². The maximum absolute atomic E-state index is 14.4. The quantitative estimate of drug-likeness (QED) is 0.0458. The zero-order valence-electron chi connectivity index (χ0n) is 47.1. The van der Waals surface area contributed by atoms with Crippen molar-refractivity contribution in [1.29, 1.82) is 0 Å². The van der Waals surface area contributed by atoms with E-state index in [9.17, 15) is 43.2 Å². The average molecular weight is 1280 g/mol. The van der Waals surface area contributed by atoms with Gasteiger partial charge in [-0.15, -0.1) is 23.2 Å². The number of ketones is 2. The molecule has 0 spiro atoms. The highest BCUT2D eigenvalue weighted by atomic mass is 79.9. The van der Waals surface area contributed by atoms with Crippen molar-refractivity contribution in [2.75, 3.05) is 32.6 Å². The number of esters is 2. The molecule has 6 aliphatic rings. The fourth-order valence-electron chi connectivity index (χ4n) is 14.4. The first-order chi connectivity index (χ1) is 38.9. The second-order valence-corrected chi connectivity index (χ2v) is 25.8. The van der Waals surface area contributed by atoms with Crippen LogP contribution >= 0.6 is 55.1 Å². The maximum Gasteiger partial charge on any atom is 0.328 e. The SMILES string of the molecule is COC(=O)[C@@H](C)CCCCN1C(=O)C2C3(C)C(=O)C(C)(C(c4ccccc4)=C3c3ccccc3)C2(Br)C1=O.COC(=O)[C@H](CCCCN1C(=O)C2C3(C)C(=O)C(C)(C(c4ccccc4)=C3c3ccccc3)C2(Br)C1=O)NC(C)=O.ClCCl. The lowest BCUT2D eigenvalue weighted by molar-refractivity contribution is -0.146. The smallest absolute Gasteiger partial charge is 0.328 e. The van der Waals surface area contributed by atoms with Crippen LogP contribution in [0.15, 0.2) is 121 Å². The number of fused-ring (bicyclic) bond motifs is 10. The van der Waals surface area contributed by atoms with Crippen LogP contribution in [-0.2, 0) is 52.6 Å². The molecule has 4 fully saturated rings. The van der Waals surface area contributed by atoms with Crippen molar-refractivity contribution in [3.8, 4) is 0 Å². The standard InChI is InChI=1S/C32H33BrN2O6.C31H32BrNO5.CH2Cl2/c1-19(36)34-22(27(38)41-4)17-11-12-18-35-26(37)25-30(2)23(20-13-7-5-8-14-20)24(21-15-9-6-10-16-21)31(3,28(30)39)32(25,33)29(35)40;1-19(26(35)38-4)13-11-12-18-33-25(34)24-29(2)22(20-14-7-5-8-15-20)23(21-16-9-6-10-17-21)30(3,27(29)36)31(24,32)28(33)37;2-1-3/h5-10,13-16,22,25H,11-12,17-18H2,1-4H3,(H,34,36);5-10,14-17,19,24H,11-13,18H2,1-4H3;1H2/t22-,25?,30?,31?,32?;19-,24?,29?,30?,31?;/m00./s1. The van der Waals surface area contributed by atoms with Crippen LogP contribution in [0.1, 0.15) is 102 Å². The second-order valence-electron chi connectivity index (χ2n) is 22.4. The predicted octanol–water partition coefficient (Wildman–Crippen LogP) is 10.9. The lowest BCUT2D eigenvalue weighted by Gasteiger charge is -2.41. The first-order valence-corrected chi connectivity index (χ1v) is 30.0. The number of carbonyl (C=O) groups excluding carboxylic acids is 9. The van der Waals surface area contributed by atoms with Gasteiger partial charge in [-0.25, -0.2) is 4.79 Å². The fraction of sp³-hybridized carbons (Fsp3) is 0.422. The summed E-state index contributed by atoms with van der Waals surface area (Å²) in [5.74, 6) is -4.87. The first-order valence-electron chi connectivity index (χ1n) is 27.4. The molecule has 1 N–H and O–H groups in total. The van der Waals surface area contributed by atoms with E-state index in [4.69, 9.17) is 32.7 Å². The summed E-state index contributed by atoms with van der Waals surface area (Å²) >= 11 is 17.1. The molecule has 8 unspecified atom stereocenters. The van der Waals surface area contributed by atoms with Gasteiger partial charge in [-0.2, -0.15) is 0 Å². The van der Waals surface area contributed by atoms with Gasteiger partial charge < -0.3 is 14.8 Å². The molecule has 4 aromatic carbocycles. The number of amides is 5. The molecule has 0 aromatic heterocycles. The van der Waals surface area contributed by atoms with E-state index in [-0.39, 0.29) is 65.5 Å². The summed E-state index contributed by atoms with van der Waals surface area (Å²) in [5.41, 5.74) is 1.71. The highest BCUT2D eigenvalue weighted by Gasteiger charge is 2.87. The molecule has 4 bridgehead atoms. The molecule has 18 heteroatoms. The summed E-state index contributed by atoms with van der Waals surface area (Å²) in [6.07, 6.45) is 3.04. The summed E-state index contributed by atoms with van der Waals surface area (Å²) in [7, 11) is 2.62. The molecule has 10 atom stereocenters. The van der Waals surface area contributed by atoms with Gasteiger partial charge in [0.1, 0.15) is 14.7 Å². The number of halogens is 4. The highest BCUT2D eigenvalue weighted by molar-refractivity contribution is 9.10. The molecule has 14 nitrogen and oxygen atoms in total. The Morgan fingerprint density at radius 3 is 1.17 bits per heavy atom. The fourth-order valence-corrected chi connectivity index (χ4v) is 16.9. The number of hydrogen-bond acceptors (Lipinski definition) is 11. The molecule has 2 aliphatic heterocycles. The number of Topliss-reactive ketones (excluding diaryl/α,β-unsaturated/α-hetero) is 2. The number of hydrogen-bond donors (Lipinski definition) is 1. The van der Waals surface area contributed by atoms with Crippen molar-refractivity contribution in [3.05, 3.63) is 144 Å². The third-order valence-electron chi connectivity index (χ3n) is 18.0. The first kappa shape index (κ1) is 62.0. The van der Waals surface area contributed by atoms with Gasteiger partial charge in [0.25, 0.3) is 0 Å². The van der Waals surface area contributed by atoms with Crippen molar-refractivity contribution in [1.82, 2.24) is 15.1 Å². The van der Waals surface area contributed by atoms with Gasteiger partial charge in [0, 0.05) is 20.0 Å². The minimum absolute atomic E-state index is 0.0992. The minimum Gasteiger partial charge on any atom is -0.469 e. The third kappa shape index (κ3) is 9.27. The molecule has 5 amide bonds. The van der Waals surface area contributed by atoms with Crippen LogP contribution < -0.4 is 5.32 Å². The Bertz CT molecular complexity index is 3290. The highest BCUT2D eigenvalue weighted by Crippen LogP contribution is 2.79. The number of nitrogens with zero attached hydrogens (tertiary/aromatic N) is 2. The molecule has 10 rings (SSSR count). The number of methoxy groups -OCH3 is 2. The van der Waals surface area contributed by atoms with Crippen molar-refractivity contribution in [2.24, 2.45) is 39.4 Å². The second kappa shape index (κ2) is 23.9. The van der Waals surface area contributed by atoms with Crippen molar-refractivity contribution in [2.45, 2.75) is 94.8 Å². The number of nitrogens with one attached hydrogen (secondary N) is 1. The van der Waals surface area contributed by atoms with Crippen LogP contribution in [0.2, 0.25) is 0 Å². The summed E-state index contributed by atoms with van der Waals surface area (Å²) < 4.78 is 6.77. The third-order valence-corrected chi connectivity index (χ3v) is 21.2. The number of likely N-dealkylation sites (tertiary alicyclic amines) is 2. The summed E-state index contributed by atoms with van der Waals surface area (Å²) in [6, 6.07) is 37.8. The average Bonchev–Trinajstić information content (AvgIpc) is 1.49. The van der Waals surface area contributed by atoms with Crippen molar-refractivity contribution in [3.63, 3.8) is 0 Å². The van der Waals surface area contributed by atoms with Crippen LogP contribution in [0, 0.1) is 39.4 Å². The minimum atomic E-state index is -1.43. The van der Waals surface area contributed by atoms with Crippen LogP contribution in [-0.4, -0.2) is 110 Å². The Kier molecular flexibility index (Phi) is 18.1. The number of alkyl halides is 4. The van der Waals surface area contributed by atoms with E-state index in [1.165, 1.54) is 30.9 Å². The Morgan fingerprint density at radius 2 is 0.854 bits per heavy atom. The van der Waals surface area contributed by atoms with Crippen LogP contribution in [0.25, 0.3) is 22.3 Å². The monoisotopic (exact) mass is 1280 g/mol. The van der Waals surface area contributed by atoms with Crippen molar-refractivity contribution < 1.29 is 52.6 Å². The van der Waals surface area contributed by atoms with E-state index >= 15 is 0 Å². The van der Waals surface area contributed by atoms with E-state index in [0.717, 1.165) is 44.5 Å². The molecule has 4 aliphatic carbocycles. The Balaban J connectivity index is 0.000000205. The van der Waals surface area contributed by atoms with E-state index in [1.54, 1.807) is 6.92 Å². The maximum atomic E-state index is 14.4. The zero-order chi connectivity index (χ0) is 59.9. The Hall–Kier alpha value is -6.07. The molecule has 432 valence electrons. The van der Waals surface area contributed by atoms with Crippen LogP contribution in [0.3, 0.4) is 0 Å². The van der Waals surface area contributed by atoms with E-state index in [2.05, 4.69) is 37.2 Å². The predicted molar refractivity (Wildman–Crippen MR) is 321 cm³/mol. The normalized spacial score (nSPS) is 29.0. The van der Waals surface area contributed by atoms with Gasteiger partial charge in [-0.1, -0.05) is 167 Å². The number of rotatable bonds is 17. The van der Waals surface area contributed by atoms with E-state index in [0.29, 0.717) is 38.5 Å². The number of imide groups is 2. The van der Waals surface area contributed by atoms with Gasteiger partial charge in [-0.3, -0.25) is 48.2 Å². The molecule has 0 radical (unpaired) electrons. The Morgan fingerprint density at radius 1 is 0.537 bits per heavy atom. The summed E-state index contributed by atoms with van der Waals surface area (Å²) in [6.45, 7) is 10.8. The molecule has 2 saturated carbocycles. The van der Waals surface area contributed by atoms with Crippen LogP contribution in [0.5, 0.6) is 0 Å². The molecular weight excluding hydrogens is 1220 g/mol. The molecular formula is C64H67Br2Cl2N3O11. The van der Waals surface area contributed by atoms with Gasteiger partial charge in [-0.05, 0) is 104 Å². The number of allylic oxidation sites excluding steroid dienone is 4. The molecule has 2 heterocycles. The van der Waals surface area contributed by atoms with Crippen LogP contribution in [0.4, 0.5) is 0 Å². The number of benzene rings is 4. The zero-order valence-corrected chi connectivity index (χ0v) is 51.8. The van der Waals surface area contributed by atoms with E-state index in [1.807, 2.05) is 149 Å². The summed E-state index contributed by atoms with van der Waals surface area (Å²) in [5, 5.41) is 2.77. The van der Waals surface area contributed by atoms with E-state index < -0.39 is 60.1 Å². The summed E-state index contributed by atoms with van der Waals surface area (Å²) in [4.78, 5) is 123. The molecule has 4 aromatic rings. The topological polar surface area (TPSA) is 191 Å². The van der Waals surface area contributed by atoms with Gasteiger partial charge in [0.2, 0.25) is 29.5 Å². The number of ether oxygens (including phenoxy) is 2. The number of carbonyl (C=O) groups is 9. The molecule has 82 heavy (non-hydrogen) atoms. The van der Waals surface area contributed by atoms with Gasteiger partial charge in [0.15, 0.2) is 11.6 Å². The number of unbranched alkanes of at least 4 members (excludes halogenated alkanes) is 2. The van der Waals surface area contributed by atoms with Crippen molar-refractivity contribution >= 4 is 130 Å².